The molecule has 0 aromatic rings. The SMILES string of the molecule is CCCCCCCCCCCCCCCCCC(O)C(CO)NC(=O)CCCCCCCCCCCCCCCCCCC/C=C\C/C=C\CCCCCCCCCCCCCCCOC(=O)CCCCCCCCCCCCCCCC. The maximum atomic E-state index is 12.5. The van der Waals surface area contributed by atoms with Gasteiger partial charge in [0, 0.05) is 12.8 Å². The zero-order valence-electron chi connectivity index (χ0n) is 56.5. The van der Waals surface area contributed by atoms with Crippen molar-refractivity contribution in [2.75, 3.05) is 13.2 Å². The highest BCUT2D eigenvalue weighted by molar-refractivity contribution is 5.76. The number of amides is 1. The lowest BCUT2D eigenvalue weighted by Crippen LogP contribution is -2.45. The number of carbonyl (C=O) groups is 2. The zero-order valence-corrected chi connectivity index (χ0v) is 56.5. The summed E-state index contributed by atoms with van der Waals surface area (Å²) >= 11 is 0. The van der Waals surface area contributed by atoms with Crippen molar-refractivity contribution in [3.05, 3.63) is 24.3 Å². The molecule has 0 aromatic carbocycles. The van der Waals surface area contributed by atoms with Crippen molar-refractivity contribution in [2.45, 2.75) is 443 Å². The molecular weight excluding hydrogens is 1020 g/mol. The summed E-state index contributed by atoms with van der Waals surface area (Å²) < 4.78 is 5.50. The van der Waals surface area contributed by atoms with E-state index in [9.17, 15) is 19.8 Å². The van der Waals surface area contributed by atoms with Gasteiger partial charge in [0.2, 0.25) is 5.91 Å². The average Bonchev–Trinajstić information content (AvgIpc) is 3.49. The fourth-order valence-corrected chi connectivity index (χ4v) is 12.2. The van der Waals surface area contributed by atoms with Crippen molar-refractivity contribution in [3.8, 4) is 0 Å². The van der Waals surface area contributed by atoms with Gasteiger partial charge >= 0.3 is 5.97 Å². The lowest BCUT2D eigenvalue weighted by atomic mass is 10.0. The number of allylic oxidation sites excluding steroid dienone is 4. The second-order valence-corrected chi connectivity index (χ2v) is 26.3. The lowest BCUT2D eigenvalue weighted by Gasteiger charge is -2.22. The van der Waals surface area contributed by atoms with Crippen molar-refractivity contribution in [1.82, 2.24) is 5.32 Å². The molecule has 0 heterocycles. The number of rotatable bonds is 72. The minimum absolute atomic E-state index is 0.0218. The fourth-order valence-electron chi connectivity index (χ4n) is 12.2. The molecule has 0 rings (SSSR count). The average molecular weight is 1170 g/mol. The van der Waals surface area contributed by atoms with Crippen LogP contribution in [0.5, 0.6) is 0 Å². The van der Waals surface area contributed by atoms with Gasteiger partial charge in [-0.15, -0.1) is 0 Å². The van der Waals surface area contributed by atoms with Crippen LogP contribution in [0.2, 0.25) is 0 Å². The summed E-state index contributed by atoms with van der Waals surface area (Å²) in [5, 5.41) is 23.3. The van der Waals surface area contributed by atoms with Crippen LogP contribution in [0.1, 0.15) is 431 Å². The normalized spacial score (nSPS) is 12.6. The maximum Gasteiger partial charge on any atom is 0.305 e. The molecule has 0 aliphatic heterocycles. The Morgan fingerprint density at radius 3 is 0.916 bits per heavy atom. The smallest absolute Gasteiger partial charge is 0.305 e. The highest BCUT2D eigenvalue weighted by Gasteiger charge is 2.20. The predicted molar refractivity (Wildman–Crippen MR) is 366 cm³/mol. The van der Waals surface area contributed by atoms with Crippen molar-refractivity contribution in [1.29, 1.82) is 0 Å². The summed E-state index contributed by atoms with van der Waals surface area (Å²) in [5.41, 5.74) is 0. The molecule has 6 nitrogen and oxygen atoms in total. The molecule has 0 saturated heterocycles. The standard InChI is InChI=1S/C77H149NO5/c1-3-5-7-9-11-13-15-17-42-45-49-53-57-61-65-69-75(80)74(73-79)78-76(81)70-66-62-58-54-50-46-43-40-38-36-34-32-30-28-26-24-22-20-19-21-23-25-27-29-31-33-35-37-39-41-44-48-52-56-60-64-68-72-83-77(82)71-67-63-59-55-51-47-18-16-14-12-10-8-6-4-2/h19,21,25,27,74-75,79-80H,3-18,20,22-24,26,28-73H2,1-2H3,(H,78,81)/b21-19-,27-25-. The Labute approximate surface area is 520 Å². The first-order chi connectivity index (χ1) is 41.0. The third kappa shape index (κ3) is 69.3. The van der Waals surface area contributed by atoms with E-state index in [1.54, 1.807) is 0 Å². The molecule has 0 radical (unpaired) electrons. The summed E-state index contributed by atoms with van der Waals surface area (Å²) in [5.74, 6) is -0.00709. The summed E-state index contributed by atoms with van der Waals surface area (Å²) in [6.45, 7) is 5.00. The molecule has 2 atom stereocenters. The molecule has 0 aromatic heterocycles. The van der Waals surface area contributed by atoms with E-state index in [1.807, 2.05) is 0 Å². The summed E-state index contributed by atoms with van der Waals surface area (Å²) in [7, 11) is 0. The van der Waals surface area contributed by atoms with E-state index in [4.69, 9.17) is 4.74 Å². The zero-order chi connectivity index (χ0) is 59.9. The maximum absolute atomic E-state index is 12.5. The molecule has 492 valence electrons. The summed E-state index contributed by atoms with van der Waals surface area (Å²) in [6.07, 6.45) is 92.6. The van der Waals surface area contributed by atoms with Gasteiger partial charge in [0.1, 0.15) is 0 Å². The number of esters is 1. The second-order valence-electron chi connectivity index (χ2n) is 26.3. The molecule has 83 heavy (non-hydrogen) atoms. The topological polar surface area (TPSA) is 95.9 Å². The summed E-state index contributed by atoms with van der Waals surface area (Å²) in [6, 6.07) is -0.539. The molecule has 0 bridgehead atoms. The Morgan fingerprint density at radius 2 is 0.602 bits per heavy atom. The number of nitrogens with one attached hydrogen (secondary N) is 1. The highest BCUT2D eigenvalue weighted by atomic mass is 16.5. The van der Waals surface area contributed by atoms with Gasteiger partial charge in [-0.1, -0.05) is 385 Å². The highest BCUT2D eigenvalue weighted by Crippen LogP contribution is 2.20. The number of aliphatic hydroxyl groups excluding tert-OH is 2. The van der Waals surface area contributed by atoms with Crippen LogP contribution in [0.15, 0.2) is 24.3 Å². The third-order valence-corrected chi connectivity index (χ3v) is 18.0. The van der Waals surface area contributed by atoms with E-state index < -0.39 is 12.1 Å². The molecule has 6 heteroatoms. The van der Waals surface area contributed by atoms with Gasteiger partial charge in [0.25, 0.3) is 0 Å². The number of hydrogen-bond acceptors (Lipinski definition) is 5. The van der Waals surface area contributed by atoms with Gasteiger partial charge < -0.3 is 20.3 Å². The van der Waals surface area contributed by atoms with Gasteiger partial charge in [-0.3, -0.25) is 9.59 Å². The van der Waals surface area contributed by atoms with Crippen LogP contribution in [0.25, 0.3) is 0 Å². The summed E-state index contributed by atoms with van der Waals surface area (Å²) in [4.78, 5) is 24.6. The van der Waals surface area contributed by atoms with Gasteiger partial charge in [-0.2, -0.15) is 0 Å². The van der Waals surface area contributed by atoms with Crippen molar-refractivity contribution >= 4 is 11.9 Å². The van der Waals surface area contributed by atoms with Gasteiger partial charge in [0.05, 0.1) is 25.4 Å². The van der Waals surface area contributed by atoms with Crippen molar-refractivity contribution in [2.24, 2.45) is 0 Å². The molecule has 3 N–H and O–H groups in total. The Balaban J connectivity index is 3.34. The molecule has 0 aliphatic rings. The monoisotopic (exact) mass is 1170 g/mol. The van der Waals surface area contributed by atoms with E-state index in [-0.39, 0.29) is 18.5 Å². The largest absolute Gasteiger partial charge is 0.466 e. The molecule has 0 spiro atoms. The predicted octanol–water partition coefficient (Wildman–Crippen LogP) is 24.9. The molecular formula is C77H149NO5. The van der Waals surface area contributed by atoms with Crippen LogP contribution in [0.4, 0.5) is 0 Å². The Hall–Kier alpha value is -1.66. The molecule has 0 aliphatic carbocycles. The first kappa shape index (κ1) is 81.3. The van der Waals surface area contributed by atoms with Crippen molar-refractivity contribution < 1.29 is 24.5 Å². The van der Waals surface area contributed by atoms with Crippen LogP contribution in [-0.4, -0.2) is 47.4 Å². The third-order valence-electron chi connectivity index (χ3n) is 18.0. The van der Waals surface area contributed by atoms with Gasteiger partial charge in [-0.05, 0) is 57.8 Å². The Bertz CT molecular complexity index is 1300. The number of unbranched alkanes of at least 4 members (excludes halogenated alkanes) is 57. The van der Waals surface area contributed by atoms with Crippen LogP contribution < -0.4 is 5.32 Å². The van der Waals surface area contributed by atoms with Gasteiger partial charge in [-0.25, -0.2) is 0 Å². The molecule has 0 saturated carbocycles. The number of carbonyl (C=O) groups excluding carboxylic acids is 2. The van der Waals surface area contributed by atoms with E-state index in [2.05, 4.69) is 43.5 Å². The molecule has 0 fully saturated rings. The minimum Gasteiger partial charge on any atom is -0.466 e. The van der Waals surface area contributed by atoms with E-state index in [1.165, 1.54) is 353 Å². The van der Waals surface area contributed by atoms with E-state index >= 15 is 0 Å². The van der Waals surface area contributed by atoms with Crippen LogP contribution >= 0.6 is 0 Å². The molecule has 2 unspecified atom stereocenters. The van der Waals surface area contributed by atoms with E-state index in [0.717, 1.165) is 44.9 Å². The van der Waals surface area contributed by atoms with Crippen molar-refractivity contribution in [3.63, 3.8) is 0 Å². The number of hydrogen-bond donors (Lipinski definition) is 3. The van der Waals surface area contributed by atoms with Crippen LogP contribution in [-0.2, 0) is 14.3 Å². The van der Waals surface area contributed by atoms with Crippen LogP contribution in [0.3, 0.4) is 0 Å². The minimum atomic E-state index is -0.662. The fraction of sp³-hybridized carbons (Fsp3) is 0.922. The van der Waals surface area contributed by atoms with Crippen LogP contribution in [0, 0.1) is 0 Å². The lowest BCUT2D eigenvalue weighted by molar-refractivity contribution is -0.143. The van der Waals surface area contributed by atoms with E-state index in [0.29, 0.717) is 25.9 Å². The Kier molecular flexibility index (Phi) is 71.4. The second kappa shape index (κ2) is 72.8. The number of ether oxygens (including phenoxy) is 1. The number of aliphatic hydroxyl groups is 2. The molecule has 1 amide bonds. The first-order valence-electron chi connectivity index (χ1n) is 38.1. The quantitative estimate of drug-likeness (QED) is 0.0320. The first-order valence-corrected chi connectivity index (χ1v) is 38.1. The van der Waals surface area contributed by atoms with Gasteiger partial charge in [0.15, 0.2) is 0 Å². The Morgan fingerprint density at radius 1 is 0.337 bits per heavy atom.